The number of nitrogens with one attached hydrogen (secondary N) is 1. The Bertz CT molecular complexity index is 890. The van der Waals surface area contributed by atoms with Crippen molar-refractivity contribution in [3.05, 3.63) is 65.2 Å². The molecule has 1 N–H and O–H groups in total. The summed E-state index contributed by atoms with van der Waals surface area (Å²) in [5, 5.41) is 2.47. The van der Waals surface area contributed by atoms with Gasteiger partial charge >= 0.3 is 6.18 Å². The first kappa shape index (κ1) is 20.9. The maximum atomic E-state index is 13.0. The Balaban J connectivity index is 1.81. The van der Waals surface area contributed by atoms with Gasteiger partial charge in [-0.05, 0) is 43.2 Å². The van der Waals surface area contributed by atoms with Gasteiger partial charge in [0.2, 0.25) is 0 Å². The lowest BCUT2D eigenvalue weighted by Crippen LogP contribution is -2.39. The van der Waals surface area contributed by atoms with Crippen molar-refractivity contribution >= 4 is 17.5 Å². The molecule has 29 heavy (non-hydrogen) atoms. The molecule has 7 heteroatoms. The van der Waals surface area contributed by atoms with Crippen LogP contribution in [0.2, 0.25) is 0 Å². The second kappa shape index (κ2) is 8.68. The third-order valence-corrected chi connectivity index (χ3v) is 5.29. The largest absolute Gasteiger partial charge is 0.416 e. The number of amides is 2. The topological polar surface area (TPSA) is 49.4 Å². The summed E-state index contributed by atoms with van der Waals surface area (Å²) < 4.78 is 38.7. The zero-order valence-electron chi connectivity index (χ0n) is 16.1. The van der Waals surface area contributed by atoms with E-state index in [1.54, 1.807) is 30.1 Å². The minimum Gasteiger partial charge on any atom is -0.339 e. The number of alkyl halides is 3. The van der Waals surface area contributed by atoms with Crippen molar-refractivity contribution in [2.75, 3.05) is 12.4 Å². The molecule has 1 aliphatic carbocycles. The molecule has 0 spiro atoms. The van der Waals surface area contributed by atoms with Crippen molar-refractivity contribution in [1.82, 2.24) is 4.90 Å². The standard InChI is InChI=1S/C22H23F3N2O2/c1-27(17-10-3-2-4-11-17)21(29)19-13-6-5-12-18(19)20(28)26-16-9-7-8-15(14-16)22(23,24)25/h5-9,12-14,17H,2-4,10-11H2,1H3,(H,26,28). The molecule has 1 fully saturated rings. The number of rotatable bonds is 4. The zero-order chi connectivity index (χ0) is 21.0. The fourth-order valence-electron chi connectivity index (χ4n) is 3.66. The average molecular weight is 404 g/mol. The molecule has 0 aliphatic heterocycles. The van der Waals surface area contributed by atoms with Gasteiger partial charge in [0.1, 0.15) is 0 Å². The van der Waals surface area contributed by atoms with Gasteiger partial charge < -0.3 is 10.2 Å². The van der Waals surface area contributed by atoms with Crippen LogP contribution in [0.3, 0.4) is 0 Å². The molecule has 0 saturated heterocycles. The molecule has 1 aliphatic rings. The van der Waals surface area contributed by atoms with E-state index in [1.807, 2.05) is 0 Å². The number of carbonyl (C=O) groups excluding carboxylic acids is 2. The first-order valence-electron chi connectivity index (χ1n) is 9.62. The summed E-state index contributed by atoms with van der Waals surface area (Å²) >= 11 is 0. The summed E-state index contributed by atoms with van der Waals surface area (Å²) in [6.07, 6.45) is 0.660. The van der Waals surface area contributed by atoms with Gasteiger partial charge in [-0.15, -0.1) is 0 Å². The molecule has 0 heterocycles. The van der Waals surface area contributed by atoms with E-state index in [1.165, 1.54) is 18.2 Å². The highest BCUT2D eigenvalue weighted by Crippen LogP contribution is 2.31. The van der Waals surface area contributed by atoms with Crippen LogP contribution >= 0.6 is 0 Å². The van der Waals surface area contributed by atoms with E-state index in [4.69, 9.17) is 0 Å². The molecular formula is C22H23F3N2O2. The third kappa shape index (κ3) is 4.96. The van der Waals surface area contributed by atoms with E-state index in [-0.39, 0.29) is 28.8 Å². The number of benzene rings is 2. The Labute approximate surface area is 167 Å². The Morgan fingerprint density at radius 3 is 2.28 bits per heavy atom. The van der Waals surface area contributed by atoms with Crippen molar-refractivity contribution in [2.24, 2.45) is 0 Å². The van der Waals surface area contributed by atoms with Crippen LogP contribution in [-0.2, 0) is 6.18 Å². The van der Waals surface area contributed by atoms with Gasteiger partial charge in [0.25, 0.3) is 11.8 Å². The van der Waals surface area contributed by atoms with E-state index < -0.39 is 17.6 Å². The van der Waals surface area contributed by atoms with Crippen LogP contribution < -0.4 is 5.32 Å². The van der Waals surface area contributed by atoms with Crippen molar-refractivity contribution in [1.29, 1.82) is 0 Å². The van der Waals surface area contributed by atoms with E-state index >= 15 is 0 Å². The summed E-state index contributed by atoms with van der Waals surface area (Å²) in [6, 6.07) is 10.9. The van der Waals surface area contributed by atoms with Crippen LogP contribution in [0.4, 0.5) is 18.9 Å². The molecule has 1 saturated carbocycles. The Morgan fingerprint density at radius 2 is 1.62 bits per heavy atom. The van der Waals surface area contributed by atoms with Gasteiger partial charge in [0.15, 0.2) is 0 Å². The molecule has 0 bridgehead atoms. The predicted molar refractivity (Wildman–Crippen MR) is 105 cm³/mol. The second-order valence-electron chi connectivity index (χ2n) is 7.29. The van der Waals surface area contributed by atoms with E-state index in [2.05, 4.69) is 5.32 Å². The van der Waals surface area contributed by atoms with Crippen molar-refractivity contribution < 1.29 is 22.8 Å². The minimum atomic E-state index is -4.50. The van der Waals surface area contributed by atoms with Gasteiger partial charge in [-0.25, -0.2) is 0 Å². The van der Waals surface area contributed by atoms with E-state index in [0.29, 0.717) is 0 Å². The summed E-state index contributed by atoms with van der Waals surface area (Å²) in [5.41, 5.74) is -0.452. The van der Waals surface area contributed by atoms with Gasteiger partial charge in [-0.3, -0.25) is 9.59 Å². The SMILES string of the molecule is CN(C(=O)c1ccccc1C(=O)Nc1cccc(C(F)(F)F)c1)C1CCCCC1. The Morgan fingerprint density at radius 1 is 0.966 bits per heavy atom. The molecule has 2 aromatic rings. The van der Waals surface area contributed by atoms with Crippen LogP contribution in [0.1, 0.15) is 58.4 Å². The molecule has 154 valence electrons. The zero-order valence-corrected chi connectivity index (χ0v) is 16.1. The van der Waals surface area contributed by atoms with Crippen LogP contribution in [0.5, 0.6) is 0 Å². The number of carbonyl (C=O) groups is 2. The summed E-state index contributed by atoms with van der Waals surface area (Å²) in [5.74, 6) is -0.878. The smallest absolute Gasteiger partial charge is 0.339 e. The van der Waals surface area contributed by atoms with E-state index in [9.17, 15) is 22.8 Å². The molecule has 3 rings (SSSR count). The third-order valence-electron chi connectivity index (χ3n) is 5.29. The predicted octanol–water partition coefficient (Wildman–Crippen LogP) is 5.36. The highest BCUT2D eigenvalue weighted by molar-refractivity contribution is 6.12. The Kier molecular flexibility index (Phi) is 6.25. The lowest BCUT2D eigenvalue weighted by molar-refractivity contribution is -0.137. The lowest BCUT2D eigenvalue weighted by atomic mass is 9.93. The van der Waals surface area contributed by atoms with Gasteiger partial charge in [-0.1, -0.05) is 37.5 Å². The molecule has 2 amide bonds. The molecule has 0 atom stereocenters. The summed E-state index contributed by atoms with van der Waals surface area (Å²) in [4.78, 5) is 27.4. The monoisotopic (exact) mass is 404 g/mol. The van der Waals surface area contributed by atoms with Crippen LogP contribution in [-0.4, -0.2) is 29.8 Å². The first-order chi connectivity index (χ1) is 13.8. The normalized spacial score (nSPS) is 15.0. The molecule has 4 nitrogen and oxygen atoms in total. The number of hydrogen-bond donors (Lipinski definition) is 1. The highest BCUT2D eigenvalue weighted by Gasteiger charge is 2.31. The lowest BCUT2D eigenvalue weighted by Gasteiger charge is -2.31. The maximum absolute atomic E-state index is 13.0. The quantitative estimate of drug-likeness (QED) is 0.746. The first-order valence-corrected chi connectivity index (χ1v) is 9.62. The number of hydrogen-bond acceptors (Lipinski definition) is 2. The molecule has 0 unspecified atom stereocenters. The van der Waals surface area contributed by atoms with Crippen molar-refractivity contribution in [3.8, 4) is 0 Å². The van der Waals surface area contributed by atoms with Crippen LogP contribution in [0, 0.1) is 0 Å². The molecule has 0 radical (unpaired) electrons. The number of anilines is 1. The molecular weight excluding hydrogens is 381 g/mol. The number of nitrogens with zero attached hydrogens (tertiary/aromatic N) is 1. The number of halogens is 3. The van der Waals surface area contributed by atoms with Gasteiger partial charge in [0, 0.05) is 18.8 Å². The average Bonchev–Trinajstić information content (AvgIpc) is 2.73. The summed E-state index contributed by atoms with van der Waals surface area (Å²) in [7, 11) is 1.74. The fourth-order valence-corrected chi connectivity index (χ4v) is 3.66. The maximum Gasteiger partial charge on any atom is 0.416 e. The Hall–Kier alpha value is -2.83. The van der Waals surface area contributed by atoms with Crippen LogP contribution in [0.25, 0.3) is 0 Å². The fraction of sp³-hybridized carbons (Fsp3) is 0.364. The molecule has 2 aromatic carbocycles. The molecule has 0 aromatic heterocycles. The second-order valence-corrected chi connectivity index (χ2v) is 7.29. The van der Waals surface area contributed by atoms with E-state index in [0.717, 1.165) is 44.2 Å². The summed E-state index contributed by atoms with van der Waals surface area (Å²) in [6.45, 7) is 0. The van der Waals surface area contributed by atoms with Crippen molar-refractivity contribution in [3.63, 3.8) is 0 Å². The van der Waals surface area contributed by atoms with Crippen LogP contribution in [0.15, 0.2) is 48.5 Å². The highest BCUT2D eigenvalue weighted by atomic mass is 19.4. The minimum absolute atomic E-state index is 0.0210. The van der Waals surface area contributed by atoms with Gasteiger partial charge in [-0.2, -0.15) is 13.2 Å². The van der Waals surface area contributed by atoms with Crippen molar-refractivity contribution in [2.45, 2.75) is 44.3 Å². The van der Waals surface area contributed by atoms with Gasteiger partial charge in [0.05, 0.1) is 16.7 Å².